The third-order valence-electron chi connectivity index (χ3n) is 3.05. The summed E-state index contributed by atoms with van der Waals surface area (Å²) in [6.07, 6.45) is 2.35. The van der Waals surface area contributed by atoms with E-state index in [0.717, 1.165) is 19.4 Å². The Morgan fingerprint density at radius 1 is 1.44 bits per heavy atom. The molecule has 0 aliphatic carbocycles. The third-order valence-corrected chi connectivity index (χ3v) is 3.05. The highest BCUT2D eigenvalue weighted by molar-refractivity contribution is 5.81. The van der Waals surface area contributed by atoms with Gasteiger partial charge in [0.15, 0.2) is 0 Å². The molecule has 0 aromatic heterocycles. The zero-order valence-electron chi connectivity index (χ0n) is 11.6. The molecule has 1 saturated heterocycles. The zero-order valence-corrected chi connectivity index (χ0v) is 11.6. The van der Waals surface area contributed by atoms with Crippen molar-refractivity contribution in [2.75, 3.05) is 13.1 Å². The second-order valence-corrected chi connectivity index (χ2v) is 5.42. The topological polar surface area (TPSA) is 70.2 Å². The van der Waals surface area contributed by atoms with Gasteiger partial charge in [0.25, 0.3) is 0 Å². The molecule has 1 aliphatic heterocycles. The quantitative estimate of drug-likeness (QED) is 0.666. The second-order valence-electron chi connectivity index (χ2n) is 5.42. The molecule has 0 aromatic carbocycles. The van der Waals surface area contributed by atoms with Crippen LogP contribution in [0.4, 0.5) is 0 Å². The first-order valence-corrected chi connectivity index (χ1v) is 6.79. The lowest BCUT2D eigenvalue weighted by atomic mass is 10.1. The first kappa shape index (κ1) is 15.0. The number of carbonyl (C=O) groups excluding carboxylic acids is 2. The fourth-order valence-corrected chi connectivity index (χ4v) is 2.00. The van der Waals surface area contributed by atoms with Crippen molar-refractivity contribution in [1.29, 1.82) is 0 Å². The maximum Gasteiger partial charge on any atom is 0.236 e. The predicted molar refractivity (Wildman–Crippen MR) is 71.1 cm³/mol. The summed E-state index contributed by atoms with van der Waals surface area (Å²) in [6, 6.07) is -0.146. The number of hydrogen-bond acceptors (Lipinski definition) is 3. The highest BCUT2D eigenvalue weighted by Gasteiger charge is 2.21. The van der Waals surface area contributed by atoms with Crippen LogP contribution in [0.1, 0.15) is 40.0 Å². The molecule has 2 atom stereocenters. The van der Waals surface area contributed by atoms with Crippen molar-refractivity contribution in [2.45, 2.75) is 52.1 Å². The van der Waals surface area contributed by atoms with Gasteiger partial charge in [0, 0.05) is 25.6 Å². The Balaban J connectivity index is 2.35. The minimum atomic E-state index is -0.250. The molecule has 1 fully saturated rings. The van der Waals surface area contributed by atoms with Gasteiger partial charge in [-0.3, -0.25) is 9.59 Å². The number of hydrogen-bond donors (Lipinski definition) is 3. The van der Waals surface area contributed by atoms with Crippen molar-refractivity contribution in [2.24, 2.45) is 5.92 Å². The van der Waals surface area contributed by atoms with Gasteiger partial charge in [0.1, 0.15) is 0 Å². The van der Waals surface area contributed by atoms with Gasteiger partial charge in [-0.25, -0.2) is 0 Å². The van der Waals surface area contributed by atoms with Gasteiger partial charge in [-0.1, -0.05) is 13.8 Å². The average molecular weight is 255 g/mol. The van der Waals surface area contributed by atoms with Crippen molar-refractivity contribution in [3.8, 4) is 0 Å². The molecule has 1 rings (SSSR count). The van der Waals surface area contributed by atoms with Gasteiger partial charge in [0.2, 0.25) is 11.8 Å². The van der Waals surface area contributed by atoms with E-state index in [9.17, 15) is 9.59 Å². The Morgan fingerprint density at radius 2 is 2.17 bits per heavy atom. The Hall–Kier alpha value is -1.10. The monoisotopic (exact) mass is 255 g/mol. The highest BCUT2D eigenvalue weighted by Crippen LogP contribution is 2.07. The maximum absolute atomic E-state index is 11.8. The van der Waals surface area contributed by atoms with E-state index in [-0.39, 0.29) is 23.9 Å². The van der Waals surface area contributed by atoms with Crippen molar-refractivity contribution in [3.05, 3.63) is 0 Å². The van der Waals surface area contributed by atoms with Crippen LogP contribution in [0.15, 0.2) is 0 Å². The molecule has 0 radical (unpaired) electrons. The molecule has 0 bridgehead atoms. The normalized spacial score (nSPS) is 22.2. The molecule has 0 saturated carbocycles. The first-order valence-electron chi connectivity index (χ1n) is 6.79. The third kappa shape index (κ3) is 5.49. The van der Waals surface area contributed by atoms with Gasteiger partial charge in [-0.15, -0.1) is 0 Å². The fraction of sp³-hybridized carbons (Fsp3) is 0.846. The second kappa shape index (κ2) is 7.36. The van der Waals surface area contributed by atoms with Crippen LogP contribution < -0.4 is 16.0 Å². The van der Waals surface area contributed by atoms with Gasteiger partial charge in [-0.05, 0) is 25.7 Å². The van der Waals surface area contributed by atoms with Crippen LogP contribution >= 0.6 is 0 Å². The van der Waals surface area contributed by atoms with Crippen LogP contribution in [0.25, 0.3) is 0 Å². The lowest BCUT2D eigenvalue weighted by Gasteiger charge is -2.21. The minimum absolute atomic E-state index is 0.00774. The molecule has 1 heterocycles. The number of carbonyl (C=O) groups is 2. The Bertz CT molecular complexity index is 292. The molecule has 2 unspecified atom stereocenters. The zero-order chi connectivity index (χ0) is 13.5. The van der Waals surface area contributed by atoms with Crippen LogP contribution in [0.5, 0.6) is 0 Å². The van der Waals surface area contributed by atoms with E-state index in [1.165, 1.54) is 0 Å². The molecule has 18 heavy (non-hydrogen) atoms. The Morgan fingerprint density at radius 3 is 2.83 bits per heavy atom. The van der Waals surface area contributed by atoms with E-state index in [2.05, 4.69) is 29.8 Å². The van der Waals surface area contributed by atoms with Gasteiger partial charge >= 0.3 is 0 Å². The van der Waals surface area contributed by atoms with Gasteiger partial charge in [0.05, 0.1) is 6.04 Å². The standard InChI is InChI=1S/C13H25N3O2/c1-9(2)8-15-13(18)10(3)16-11-5-4-6-14-12(17)7-11/h9-11,16H,4-8H2,1-3H3,(H,14,17)(H,15,18). The summed E-state index contributed by atoms with van der Waals surface area (Å²) in [4.78, 5) is 23.2. The van der Waals surface area contributed by atoms with Crippen LogP contribution in [0.3, 0.4) is 0 Å². The minimum Gasteiger partial charge on any atom is -0.356 e. The summed E-state index contributed by atoms with van der Waals surface area (Å²) in [7, 11) is 0. The van der Waals surface area contributed by atoms with Crippen molar-refractivity contribution < 1.29 is 9.59 Å². The summed E-state index contributed by atoms with van der Waals surface area (Å²) in [5.41, 5.74) is 0. The summed E-state index contributed by atoms with van der Waals surface area (Å²) >= 11 is 0. The van der Waals surface area contributed by atoms with E-state index >= 15 is 0 Å². The summed E-state index contributed by atoms with van der Waals surface area (Å²) in [6.45, 7) is 7.40. The van der Waals surface area contributed by atoms with Crippen molar-refractivity contribution >= 4 is 11.8 Å². The Labute approximate surface area is 109 Å². The molecule has 2 amide bonds. The summed E-state index contributed by atoms with van der Waals surface area (Å²) < 4.78 is 0. The average Bonchev–Trinajstić information content (AvgIpc) is 2.50. The number of amides is 2. The number of rotatable bonds is 5. The molecule has 3 N–H and O–H groups in total. The van der Waals surface area contributed by atoms with Gasteiger partial charge < -0.3 is 16.0 Å². The van der Waals surface area contributed by atoms with Crippen LogP contribution in [-0.4, -0.2) is 37.0 Å². The highest BCUT2D eigenvalue weighted by atomic mass is 16.2. The van der Waals surface area contributed by atoms with Crippen LogP contribution in [-0.2, 0) is 9.59 Å². The first-order chi connectivity index (χ1) is 8.49. The number of nitrogens with one attached hydrogen (secondary N) is 3. The van der Waals surface area contributed by atoms with Crippen molar-refractivity contribution in [3.63, 3.8) is 0 Å². The largest absolute Gasteiger partial charge is 0.356 e. The van der Waals surface area contributed by atoms with E-state index in [1.54, 1.807) is 0 Å². The van der Waals surface area contributed by atoms with E-state index in [1.807, 2.05) is 6.92 Å². The van der Waals surface area contributed by atoms with Crippen molar-refractivity contribution in [1.82, 2.24) is 16.0 Å². The lowest BCUT2D eigenvalue weighted by molar-refractivity contribution is -0.124. The Kier molecular flexibility index (Phi) is 6.12. The molecule has 5 nitrogen and oxygen atoms in total. The van der Waals surface area contributed by atoms with E-state index in [0.29, 0.717) is 18.9 Å². The summed E-state index contributed by atoms with van der Waals surface area (Å²) in [5.74, 6) is 0.526. The molecule has 5 heteroatoms. The molecular weight excluding hydrogens is 230 g/mol. The molecular formula is C13H25N3O2. The molecule has 0 spiro atoms. The predicted octanol–water partition coefficient (Wildman–Crippen LogP) is 0.405. The molecule has 0 aromatic rings. The molecule has 104 valence electrons. The molecule has 1 aliphatic rings. The van der Waals surface area contributed by atoms with Crippen LogP contribution in [0, 0.1) is 5.92 Å². The van der Waals surface area contributed by atoms with E-state index < -0.39 is 0 Å². The maximum atomic E-state index is 11.8. The van der Waals surface area contributed by atoms with Gasteiger partial charge in [-0.2, -0.15) is 0 Å². The lowest BCUT2D eigenvalue weighted by Crippen LogP contribution is -2.47. The summed E-state index contributed by atoms with van der Waals surface area (Å²) in [5, 5.41) is 8.97. The van der Waals surface area contributed by atoms with E-state index in [4.69, 9.17) is 0 Å². The van der Waals surface area contributed by atoms with Crippen LogP contribution in [0.2, 0.25) is 0 Å². The SMILES string of the molecule is CC(C)CNC(=O)C(C)NC1CCCNC(=O)C1. The smallest absolute Gasteiger partial charge is 0.236 e. The fourth-order valence-electron chi connectivity index (χ4n) is 2.00.